The molecule has 1 saturated carbocycles. The third-order valence-electron chi connectivity index (χ3n) is 5.92. The van der Waals surface area contributed by atoms with E-state index in [1.807, 2.05) is 12.1 Å². The van der Waals surface area contributed by atoms with Gasteiger partial charge in [0.25, 0.3) is 0 Å². The number of nitrogens with zero attached hydrogens (tertiary/aromatic N) is 1. The Hall–Kier alpha value is -2.90. The third-order valence-corrected chi connectivity index (χ3v) is 7.66. The summed E-state index contributed by atoms with van der Waals surface area (Å²) in [5.41, 5.74) is 1.36. The standard InChI is InChI=1S/C25H28N2O4S/c1-2-32(30,31)21-12-13-24(28)23(16-21)26-25(29)14-15-27(20-10-11-20)17-19-8-5-7-18-6-3-4-9-22(18)19/h3-9,12-13,16,20,28H,2,10-11,14-15,17H2,1H3,(H,26,29). The number of nitrogens with one attached hydrogen (secondary N) is 1. The summed E-state index contributed by atoms with van der Waals surface area (Å²) in [7, 11) is -3.43. The van der Waals surface area contributed by atoms with E-state index in [4.69, 9.17) is 0 Å². The van der Waals surface area contributed by atoms with E-state index in [0.717, 1.165) is 19.4 Å². The smallest absolute Gasteiger partial charge is 0.225 e. The van der Waals surface area contributed by atoms with Gasteiger partial charge in [0, 0.05) is 25.6 Å². The minimum Gasteiger partial charge on any atom is -0.506 e. The highest BCUT2D eigenvalue weighted by Crippen LogP contribution is 2.31. The molecule has 0 aliphatic heterocycles. The Morgan fingerprint density at radius 2 is 1.84 bits per heavy atom. The van der Waals surface area contributed by atoms with Crippen LogP contribution in [0.5, 0.6) is 5.75 Å². The van der Waals surface area contributed by atoms with Gasteiger partial charge in [-0.25, -0.2) is 8.42 Å². The molecule has 168 valence electrons. The van der Waals surface area contributed by atoms with Crippen molar-refractivity contribution in [3.63, 3.8) is 0 Å². The lowest BCUT2D eigenvalue weighted by Gasteiger charge is -2.23. The second-order valence-electron chi connectivity index (χ2n) is 8.22. The summed E-state index contributed by atoms with van der Waals surface area (Å²) in [4.78, 5) is 15.0. The molecular weight excluding hydrogens is 424 g/mol. The second kappa shape index (κ2) is 9.30. The van der Waals surface area contributed by atoms with E-state index in [-0.39, 0.29) is 34.4 Å². The van der Waals surface area contributed by atoms with Crippen LogP contribution in [0.3, 0.4) is 0 Å². The van der Waals surface area contributed by atoms with E-state index in [0.29, 0.717) is 12.6 Å². The number of hydrogen-bond donors (Lipinski definition) is 2. The van der Waals surface area contributed by atoms with Gasteiger partial charge in [-0.1, -0.05) is 49.4 Å². The van der Waals surface area contributed by atoms with Crippen LogP contribution in [-0.4, -0.2) is 42.7 Å². The fraction of sp³-hybridized carbons (Fsp3) is 0.320. The maximum atomic E-state index is 12.6. The molecule has 6 nitrogen and oxygen atoms in total. The topological polar surface area (TPSA) is 86.7 Å². The highest BCUT2D eigenvalue weighted by Gasteiger charge is 2.29. The van der Waals surface area contributed by atoms with Gasteiger partial charge in [-0.05, 0) is 47.4 Å². The number of benzene rings is 3. The molecule has 4 rings (SSSR count). The van der Waals surface area contributed by atoms with E-state index in [9.17, 15) is 18.3 Å². The first kappa shape index (κ1) is 22.3. The second-order valence-corrected chi connectivity index (χ2v) is 10.5. The molecule has 0 atom stereocenters. The summed E-state index contributed by atoms with van der Waals surface area (Å²) in [6.45, 7) is 2.92. The largest absolute Gasteiger partial charge is 0.506 e. The first-order valence-corrected chi connectivity index (χ1v) is 12.6. The number of carbonyl (C=O) groups is 1. The van der Waals surface area contributed by atoms with Crippen molar-refractivity contribution in [3.05, 3.63) is 66.2 Å². The molecule has 0 saturated heterocycles. The van der Waals surface area contributed by atoms with Crippen LogP contribution in [0.4, 0.5) is 5.69 Å². The quantitative estimate of drug-likeness (QED) is 0.472. The van der Waals surface area contributed by atoms with Crippen molar-refractivity contribution in [1.82, 2.24) is 4.90 Å². The van der Waals surface area contributed by atoms with Crippen molar-refractivity contribution in [2.24, 2.45) is 0 Å². The molecule has 3 aromatic rings. The molecule has 1 fully saturated rings. The van der Waals surface area contributed by atoms with Crippen LogP contribution in [0, 0.1) is 0 Å². The van der Waals surface area contributed by atoms with E-state index in [2.05, 4.69) is 40.5 Å². The number of aromatic hydroxyl groups is 1. The van der Waals surface area contributed by atoms with Crippen LogP contribution in [0.15, 0.2) is 65.6 Å². The number of amides is 1. The zero-order valence-electron chi connectivity index (χ0n) is 18.1. The predicted molar refractivity (Wildman–Crippen MR) is 126 cm³/mol. The number of fused-ring (bicyclic) bond motifs is 1. The van der Waals surface area contributed by atoms with E-state index < -0.39 is 9.84 Å². The summed E-state index contributed by atoms with van der Waals surface area (Å²) in [6, 6.07) is 19.1. The van der Waals surface area contributed by atoms with Gasteiger partial charge in [0.15, 0.2) is 9.84 Å². The Bertz CT molecular complexity index is 1230. The SMILES string of the molecule is CCS(=O)(=O)c1ccc(O)c(NC(=O)CCN(Cc2cccc3ccccc23)C2CC2)c1. The predicted octanol–water partition coefficient (Wildman–Crippen LogP) is 4.33. The molecule has 0 aromatic heterocycles. The molecule has 1 aliphatic rings. The number of sulfone groups is 1. The first-order chi connectivity index (χ1) is 15.4. The third kappa shape index (κ3) is 5.11. The first-order valence-electron chi connectivity index (χ1n) is 10.9. The highest BCUT2D eigenvalue weighted by molar-refractivity contribution is 7.91. The lowest BCUT2D eigenvalue weighted by molar-refractivity contribution is -0.116. The number of hydrogen-bond acceptors (Lipinski definition) is 5. The highest BCUT2D eigenvalue weighted by atomic mass is 32.2. The molecule has 0 heterocycles. The van der Waals surface area contributed by atoms with Crippen molar-refractivity contribution < 1.29 is 18.3 Å². The minimum absolute atomic E-state index is 0.0460. The Balaban J connectivity index is 1.43. The molecule has 0 spiro atoms. The molecule has 0 unspecified atom stereocenters. The molecule has 2 N–H and O–H groups in total. The van der Waals surface area contributed by atoms with Crippen LogP contribution in [0.2, 0.25) is 0 Å². The fourth-order valence-corrected chi connectivity index (χ4v) is 4.82. The van der Waals surface area contributed by atoms with Crippen molar-refractivity contribution in [2.45, 2.75) is 43.7 Å². The molecule has 3 aromatic carbocycles. The number of anilines is 1. The molecule has 0 bridgehead atoms. The molecule has 0 radical (unpaired) electrons. The maximum absolute atomic E-state index is 12.6. The molecular formula is C25H28N2O4S. The van der Waals surface area contributed by atoms with Crippen molar-refractivity contribution in [3.8, 4) is 5.75 Å². The van der Waals surface area contributed by atoms with E-state index >= 15 is 0 Å². The normalized spacial score (nSPS) is 14.1. The lowest BCUT2D eigenvalue weighted by Crippen LogP contribution is -2.29. The van der Waals surface area contributed by atoms with Gasteiger partial charge in [-0.2, -0.15) is 0 Å². The van der Waals surface area contributed by atoms with Crippen LogP contribution in [0.1, 0.15) is 31.7 Å². The molecule has 7 heteroatoms. The molecule has 1 amide bonds. The van der Waals surface area contributed by atoms with Crippen molar-refractivity contribution >= 4 is 32.2 Å². The summed E-state index contributed by atoms with van der Waals surface area (Å²) >= 11 is 0. The van der Waals surface area contributed by atoms with Gasteiger partial charge in [0.1, 0.15) is 5.75 Å². The number of rotatable bonds is 9. The summed E-state index contributed by atoms with van der Waals surface area (Å²) in [5, 5.41) is 15.2. The Morgan fingerprint density at radius 3 is 2.59 bits per heavy atom. The fourth-order valence-electron chi connectivity index (χ4n) is 3.91. The lowest BCUT2D eigenvalue weighted by atomic mass is 10.0. The van der Waals surface area contributed by atoms with E-state index in [1.54, 1.807) is 6.92 Å². The van der Waals surface area contributed by atoms with Gasteiger partial charge in [0.05, 0.1) is 16.3 Å². The van der Waals surface area contributed by atoms with Gasteiger partial charge >= 0.3 is 0 Å². The van der Waals surface area contributed by atoms with Crippen LogP contribution >= 0.6 is 0 Å². The van der Waals surface area contributed by atoms with E-state index in [1.165, 1.54) is 34.5 Å². The van der Waals surface area contributed by atoms with Crippen LogP contribution < -0.4 is 5.32 Å². The van der Waals surface area contributed by atoms with Crippen molar-refractivity contribution in [2.75, 3.05) is 17.6 Å². The van der Waals surface area contributed by atoms with Gasteiger partial charge in [-0.3, -0.25) is 9.69 Å². The minimum atomic E-state index is -3.43. The Labute approximate surface area is 188 Å². The van der Waals surface area contributed by atoms with Gasteiger partial charge in [0.2, 0.25) is 5.91 Å². The average Bonchev–Trinajstić information content (AvgIpc) is 3.63. The van der Waals surface area contributed by atoms with Gasteiger partial charge in [-0.15, -0.1) is 0 Å². The van der Waals surface area contributed by atoms with Crippen molar-refractivity contribution in [1.29, 1.82) is 0 Å². The van der Waals surface area contributed by atoms with Crippen LogP contribution in [-0.2, 0) is 21.2 Å². The monoisotopic (exact) mass is 452 g/mol. The summed E-state index contributed by atoms with van der Waals surface area (Å²) in [5.74, 6) is -0.450. The zero-order valence-corrected chi connectivity index (χ0v) is 18.9. The Morgan fingerprint density at radius 1 is 1.09 bits per heavy atom. The zero-order chi connectivity index (χ0) is 22.7. The summed E-state index contributed by atoms with van der Waals surface area (Å²) in [6.07, 6.45) is 2.51. The number of phenolic OH excluding ortho intramolecular Hbond substituents is 1. The Kier molecular flexibility index (Phi) is 6.48. The van der Waals surface area contributed by atoms with Gasteiger partial charge < -0.3 is 10.4 Å². The maximum Gasteiger partial charge on any atom is 0.225 e. The average molecular weight is 453 g/mol. The van der Waals surface area contributed by atoms with Crippen LogP contribution in [0.25, 0.3) is 10.8 Å². The number of carbonyl (C=O) groups excluding carboxylic acids is 1. The molecule has 1 aliphatic carbocycles. The molecule has 32 heavy (non-hydrogen) atoms. The number of phenols is 1. The summed E-state index contributed by atoms with van der Waals surface area (Å²) < 4.78 is 24.2.